The van der Waals surface area contributed by atoms with Gasteiger partial charge in [-0.3, -0.25) is 9.59 Å². The number of aromatic amines is 1. The summed E-state index contributed by atoms with van der Waals surface area (Å²) in [4.78, 5) is 29.0. The molecule has 0 fully saturated rings. The van der Waals surface area contributed by atoms with Crippen molar-refractivity contribution in [3.63, 3.8) is 0 Å². The van der Waals surface area contributed by atoms with Gasteiger partial charge in [-0.15, -0.1) is 0 Å². The fourth-order valence-electron chi connectivity index (χ4n) is 2.41. The van der Waals surface area contributed by atoms with E-state index in [-0.39, 0.29) is 17.5 Å². The number of pyridine rings is 1. The first-order valence-corrected chi connectivity index (χ1v) is 7.43. The van der Waals surface area contributed by atoms with E-state index in [0.29, 0.717) is 18.5 Å². The van der Waals surface area contributed by atoms with Gasteiger partial charge >= 0.3 is 0 Å². The van der Waals surface area contributed by atoms with Crippen LogP contribution in [0.15, 0.2) is 35.1 Å². The molecule has 0 radical (unpaired) electrons. The molecule has 21 heavy (non-hydrogen) atoms. The topological polar surface area (TPSA) is 53.2 Å². The molecule has 1 aromatic heterocycles. The lowest BCUT2D eigenvalue weighted by molar-refractivity contribution is -0.133. The van der Waals surface area contributed by atoms with Crippen molar-refractivity contribution in [3.8, 4) is 0 Å². The summed E-state index contributed by atoms with van der Waals surface area (Å²) in [5.74, 6) is 0.0973. The molecule has 0 spiro atoms. The van der Waals surface area contributed by atoms with Gasteiger partial charge in [-0.2, -0.15) is 0 Å². The van der Waals surface area contributed by atoms with E-state index in [1.807, 2.05) is 51.1 Å². The number of carbonyl (C=O) groups excluding carboxylic acids is 1. The third kappa shape index (κ3) is 3.51. The van der Waals surface area contributed by atoms with Gasteiger partial charge in [0.15, 0.2) is 0 Å². The molecular formula is C17H22N2O2. The second-order valence-corrected chi connectivity index (χ2v) is 5.58. The minimum Gasteiger partial charge on any atom is -0.336 e. The van der Waals surface area contributed by atoms with Crippen LogP contribution in [-0.2, 0) is 11.3 Å². The summed E-state index contributed by atoms with van der Waals surface area (Å²) in [5, 5.41) is 0.985. The lowest BCUT2D eigenvalue weighted by atomic mass is 10.1. The van der Waals surface area contributed by atoms with Crippen LogP contribution in [0.5, 0.6) is 0 Å². The smallest absolute Gasteiger partial charge is 0.253 e. The molecule has 0 aliphatic heterocycles. The molecule has 4 heteroatoms. The van der Waals surface area contributed by atoms with Crippen LogP contribution in [0, 0.1) is 0 Å². The molecule has 0 saturated carbocycles. The Bertz CT molecular complexity index is 688. The largest absolute Gasteiger partial charge is 0.336 e. The molecule has 1 amide bonds. The Kier molecular flexibility index (Phi) is 4.78. The molecule has 2 rings (SSSR count). The number of aromatic nitrogens is 1. The van der Waals surface area contributed by atoms with Gasteiger partial charge in [0.1, 0.15) is 0 Å². The number of nitrogens with one attached hydrogen (secondary N) is 1. The number of hydrogen-bond acceptors (Lipinski definition) is 2. The average Bonchev–Trinajstić information content (AvgIpc) is 2.44. The number of H-pyrrole nitrogens is 1. The highest BCUT2D eigenvalue weighted by Crippen LogP contribution is 2.13. The second kappa shape index (κ2) is 6.57. The first-order valence-electron chi connectivity index (χ1n) is 7.43. The number of para-hydroxylation sites is 1. The first-order chi connectivity index (χ1) is 10.0. The molecule has 0 bridgehead atoms. The quantitative estimate of drug-likeness (QED) is 0.918. The molecule has 0 saturated heterocycles. The minimum absolute atomic E-state index is 0.0786. The lowest BCUT2D eigenvalue weighted by Crippen LogP contribution is -2.37. The van der Waals surface area contributed by atoms with E-state index in [1.165, 1.54) is 0 Å². The Morgan fingerprint density at radius 3 is 2.67 bits per heavy atom. The Morgan fingerprint density at radius 1 is 1.29 bits per heavy atom. The summed E-state index contributed by atoms with van der Waals surface area (Å²) in [6.07, 6.45) is 1.33. The van der Waals surface area contributed by atoms with Crippen LogP contribution in [0.25, 0.3) is 10.9 Å². The zero-order valence-corrected chi connectivity index (χ0v) is 12.8. The highest BCUT2D eigenvalue weighted by atomic mass is 16.2. The fraction of sp³-hybridized carbons (Fsp3) is 0.412. The maximum atomic E-state index is 12.2. The summed E-state index contributed by atoms with van der Waals surface area (Å²) < 4.78 is 0. The summed E-state index contributed by atoms with van der Waals surface area (Å²) in [7, 11) is 0. The zero-order chi connectivity index (χ0) is 15.4. The highest BCUT2D eigenvalue weighted by molar-refractivity contribution is 5.79. The van der Waals surface area contributed by atoms with E-state index >= 15 is 0 Å². The van der Waals surface area contributed by atoms with Crippen LogP contribution in [-0.4, -0.2) is 21.8 Å². The number of benzene rings is 1. The van der Waals surface area contributed by atoms with Crippen LogP contribution in [0.3, 0.4) is 0 Å². The van der Waals surface area contributed by atoms with Crippen molar-refractivity contribution >= 4 is 16.8 Å². The molecule has 1 heterocycles. The predicted molar refractivity (Wildman–Crippen MR) is 85.2 cm³/mol. The molecule has 112 valence electrons. The second-order valence-electron chi connectivity index (χ2n) is 5.58. The SMILES string of the molecule is CCCC(=O)N(Cc1cc2ccccc2[nH]c1=O)C(C)C. The number of amides is 1. The molecular weight excluding hydrogens is 264 g/mol. The van der Waals surface area contributed by atoms with Gasteiger partial charge < -0.3 is 9.88 Å². The molecule has 0 unspecified atom stereocenters. The molecule has 0 aliphatic rings. The van der Waals surface area contributed by atoms with Gasteiger partial charge in [0.05, 0.1) is 6.54 Å². The molecule has 0 atom stereocenters. The maximum absolute atomic E-state index is 12.2. The minimum atomic E-state index is -0.122. The van der Waals surface area contributed by atoms with Gasteiger partial charge in [0.25, 0.3) is 5.56 Å². The van der Waals surface area contributed by atoms with Gasteiger partial charge in [-0.25, -0.2) is 0 Å². The monoisotopic (exact) mass is 286 g/mol. The van der Waals surface area contributed by atoms with E-state index in [1.54, 1.807) is 4.90 Å². The Balaban J connectivity index is 2.34. The van der Waals surface area contributed by atoms with Crippen molar-refractivity contribution in [2.75, 3.05) is 0 Å². The number of rotatable bonds is 5. The van der Waals surface area contributed by atoms with Gasteiger partial charge in [0, 0.05) is 23.5 Å². The van der Waals surface area contributed by atoms with Crippen molar-refractivity contribution < 1.29 is 4.79 Å². The summed E-state index contributed by atoms with van der Waals surface area (Å²) in [6.45, 7) is 6.29. The van der Waals surface area contributed by atoms with Crippen molar-refractivity contribution in [2.45, 2.75) is 46.2 Å². The number of nitrogens with zero attached hydrogens (tertiary/aromatic N) is 1. The van der Waals surface area contributed by atoms with Crippen LogP contribution in [0.2, 0.25) is 0 Å². The van der Waals surface area contributed by atoms with E-state index in [4.69, 9.17) is 0 Å². The van der Waals surface area contributed by atoms with E-state index in [0.717, 1.165) is 17.3 Å². The average molecular weight is 286 g/mol. The van der Waals surface area contributed by atoms with E-state index < -0.39 is 0 Å². The third-order valence-corrected chi connectivity index (χ3v) is 3.58. The van der Waals surface area contributed by atoms with Crippen molar-refractivity contribution in [1.29, 1.82) is 0 Å². The van der Waals surface area contributed by atoms with E-state index in [9.17, 15) is 9.59 Å². The van der Waals surface area contributed by atoms with Gasteiger partial charge in [-0.1, -0.05) is 25.1 Å². The molecule has 2 aromatic rings. The van der Waals surface area contributed by atoms with Crippen LogP contribution in [0.4, 0.5) is 0 Å². The Hall–Kier alpha value is -2.10. The Morgan fingerprint density at radius 2 is 2.00 bits per heavy atom. The van der Waals surface area contributed by atoms with Crippen LogP contribution >= 0.6 is 0 Å². The molecule has 1 N–H and O–H groups in total. The number of fused-ring (bicyclic) bond motifs is 1. The Labute approximate surface area is 124 Å². The molecule has 4 nitrogen and oxygen atoms in total. The number of hydrogen-bond donors (Lipinski definition) is 1. The zero-order valence-electron chi connectivity index (χ0n) is 12.8. The van der Waals surface area contributed by atoms with Gasteiger partial charge in [-0.05, 0) is 37.8 Å². The van der Waals surface area contributed by atoms with Gasteiger partial charge in [0.2, 0.25) is 5.91 Å². The number of carbonyl (C=O) groups is 1. The molecule has 0 aliphatic carbocycles. The third-order valence-electron chi connectivity index (χ3n) is 3.58. The van der Waals surface area contributed by atoms with Crippen molar-refractivity contribution in [1.82, 2.24) is 9.88 Å². The maximum Gasteiger partial charge on any atom is 0.253 e. The predicted octanol–water partition coefficient (Wildman–Crippen LogP) is 3.07. The van der Waals surface area contributed by atoms with Crippen LogP contribution in [0.1, 0.15) is 39.2 Å². The standard InChI is InChI=1S/C17H22N2O2/c1-4-7-16(20)19(12(2)3)11-14-10-13-8-5-6-9-15(13)18-17(14)21/h5-6,8-10,12H,4,7,11H2,1-3H3,(H,18,21). The highest BCUT2D eigenvalue weighted by Gasteiger charge is 2.18. The lowest BCUT2D eigenvalue weighted by Gasteiger charge is -2.26. The van der Waals surface area contributed by atoms with Crippen molar-refractivity contribution in [2.24, 2.45) is 0 Å². The van der Waals surface area contributed by atoms with Crippen LogP contribution < -0.4 is 5.56 Å². The fourth-order valence-corrected chi connectivity index (χ4v) is 2.41. The summed E-state index contributed by atoms with van der Waals surface area (Å²) >= 11 is 0. The summed E-state index contributed by atoms with van der Waals surface area (Å²) in [6, 6.07) is 9.62. The normalized spacial score (nSPS) is 11.0. The summed E-state index contributed by atoms with van der Waals surface area (Å²) in [5.41, 5.74) is 1.33. The molecule has 1 aromatic carbocycles. The van der Waals surface area contributed by atoms with Crippen molar-refractivity contribution in [3.05, 3.63) is 46.2 Å². The van der Waals surface area contributed by atoms with E-state index in [2.05, 4.69) is 4.98 Å². The first kappa shape index (κ1) is 15.3.